The van der Waals surface area contributed by atoms with Gasteiger partial charge in [-0.25, -0.2) is 4.98 Å². The van der Waals surface area contributed by atoms with Crippen LogP contribution in [0.5, 0.6) is 5.88 Å². The molecule has 1 aliphatic heterocycles. The number of H-pyrrole nitrogens is 1. The zero-order valence-corrected chi connectivity index (χ0v) is 9.86. The number of hydrogen-bond donors (Lipinski definition) is 2. The number of aromatic amines is 1. The molecule has 3 rings (SSSR count). The molecule has 1 fully saturated rings. The molecule has 0 aliphatic carbocycles. The van der Waals surface area contributed by atoms with Crippen LogP contribution in [0.3, 0.4) is 0 Å². The van der Waals surface area contributed by atoms with E-state index in [0.717, 1.165) is 36.5 Å². The third-order valence-corrected chi connectivity index (χ3v) is 3.08. The highest BCUT2D eigenvalue weighted by molar-refractivity contribution is 5.71. The highest BCUT2D eigenvalue weighted by Crippen LogP contribution is 2.22. The largest absolute Gasteiger partial charge is 0.478 e. The molecule has 0 amide bonds. The fraction of sp³-hybridized carbons (Fsp3) is 0.500. The highest BCUT2D eigenvalue weighted by Gasteiger charge is 2.20. The van der Waals surface area contributed by atoms with Crippen LogP contribution in [0.1, 0.15) is 25.1 Å². The number of fused-ring (bicyclic) bond motifs is 1. The van der Waals surface area contributed by atoms with Crippen molar-refractivity contribution in [3.63, 3.8) is 0 Å². The van der Waals surface area contributed by atoms with Crippen LogP contribution in [-0.2, 0) is 0 Å². The molecular formula is C12H16N4O. The van der Waals surface area contributed by atoms with Crippen molar-refractivity contribution in [2.24, 2.45) is 0 Å². The summed E-state index contributed by atoms with van der Waals surface area (Å²) in [5.41, 5.74) is 1.73. The van der Waals surface area contributed by atoms with Crippen LogP contribution in [0, 0.1) is 0 Å². The van der Waals surface area contributed by atoms with Crippen molar-refractivity contribution in [1.82, 2.24) is 20.3 Å². The van der Waals surface area contributed by atoms with Gasteiger partial charge in [0.25, 0.3) is 0 Å². The minimum atomic E-state index is 0.486. The SMILES string of the molecule is CCOc1ccc2[nH]c(C3CCNC3)nc2n1. The van der Waals surface area contributed by atoms with Crippen molar-refractivity contribution in [3.05, 3.63) is 18.0 Å². The van der Waals surface area contributed by atoms with Crippen LogP contribution >= 0.6 is 0 Å². The Bertz CT molecular complexity index is 516. The van der Waals surface area contributed by atoms with Crippen LogP contribution in [0.2, 0.25) is 0 Å². The number of rotatable bonds is 3. The van der Waals surface area contributed by atoms with E-state index in [0.29, 0.717) is 18.4 Å². The number of aromatic nitrogens is 3. The number of imidazole rings is 1. The van der Waals surface area contributed by atoms with Crippen LogP contribution in [0.4, 0.5) is 0 Å². The molecule has 0 bridgehead atoms. The van der Waals surface area contributed by atoms with Crippen molar-refractivity contribution >= 4 is 11.2 Å². The zero-order valence-electron chi connectivity index (χ0n) is 9.86. The van der Waals surface area contributed by atoms with Gasteiger partial charge in [-0.05, 0) is 26.0 Å². The summed E-state index contributed by atoms with van der Waals surface area (Å²) in [6.45, 7) is 4.64. The van der Waals surface area contributed by atoms with Crippen molar-refractivity contribution in [2.45, 2.75) is 19.3 Å². The van der Waals surface area contributed by atoms with Crippen molar-refractivity contribution in [1.29, 1.82) is 0 Å². The van der Waals surface area contributed by atoms with Gasteiger partial charge in [0.1, 0.15) is 5.82 Å². The Morgan fingerprint density at radius 3 is 3.12 bits per heavy atom. The van der Waals surface area contributed by atoms with E-state index in [1.54, 1.807) is 0 Å². The molecule has 2 aromatic rings. The van der Waals surface area contributed by atoms with E-state index in [1.165, 1.54) is 0 Å². The number of hydrogen-bond acceptors (Lipinski definition) is 4. The molecule has 0 spiro atoms. The van der Waals surface area contributed by atoms with Gasteiger partial charge in [-0.1, -0.05) is 0 Å². The second-order valence-electron chi connectivity index (χ2n) is 4.27. The molecule has 17 heavy (non-hydrogen) atoms. The number of nitrogens with zero attached hydrogens (tertiary/aromatic N) is 2. The van der Waals surface area contributed by atoms with E-state index in [1.807, 2.05) is 19.1 Å². The maximum Gasteiger partial charge on any atom is 0.215 e. The first-order chi connectivity index (χ1) is 8.36. The standard InChI is InChI=1S/C12H16N4O/c1-2-17-10-4-3-9-12(15-10)16-11(14-9)8-5-6-13-7-8/h3-4,8,13H,2,5-7H2,1H3,(H,14,15,16). The molecule has 0 aromatic carbocycles. The van der Waals surface area contributed by atoms with E-state index < -0.39 is 0 Å². The summed E-state index contributed by atoms with van der Waals surface area (Å²) < 4.78 is 5.37. The molecule has 90 valence electrons. The predicted molar refractivity (Wildman–Crippen MR) is 65.3 cm³/mol. The van der Waals surface area contributed by atoms with Gasteiger partial charge in [-0.3, -0.25) is 0 Å². The summed E-state index contributed by atoms with van der Waals surface area (Å²) in [5.74, 6) is 2.16. The van der Waals surface area contributed by atoms with E-state index in [4.69, 9.17) is 4.74 Å². The second-order valence-corrected chi connectivity index (χ2v) is 4.27. The van der Waals surface area contributed by atoms with Gasteiger partial charge in [0.2, 0.25) is 5.88 Å². The first-order valence-electron chi connectivity index (χ1n) is 6.07. The molecule has 0 radical (unpaired) electrons. The van der Waals surface area contributed by atoms with Gasteiger partial charge in [-0.2, -0.15) is 4.98 Å². The molecule has 1 atom stereocenters. The minimum Gasteiger partial charge on any atom is -0.478 e. The molecule has 2 aromatic heterocycles. The Hall–Kier alpha value is -1.62. The minimum absolute atomic E-state index is 0.486. The van der Waals surface area contributed by atoms with Crippen molar-refractivity contribution < 1.29 is 4.74 Å². The topological polar surface area (TPSA) is 62.8 Å². The maximum absolute atomic E-state index is 5.37. The monoisotopic (exact) mass is 232 g/mol. The molecule has 5 nitrogen and oxygen atoms in total. The lowest BCUT2D eigenvalue weighted by Crippen LogP contribution is -2.08. The predicted octanol–water partition coefficient (Wildman–Crippen LogP) is 1.43. The average Bonchev–Trinajstić information content (AvgIpc) is 2.97. The summed E-state index contributed by atoms with van der Waals surface area (Å²) in [7, 11) is 0. The van der Waals surface area contributed by atoms with Gasteiger partial charge in [0, 0.05) is 18.5 Å². The Labute approximate surface area is 99.6 Å². The lowest BCUT2D eigenvalue weighted by atomic mass is 10.1. The van der Waals surface area contributed by atoms with Crippen molar-refractivity contribution in [2.75, 3.05) is 19.7 Å². The van der Waals surface area contributed by atoms with Gasteiger partial charge in [0.05, 0.1) is 12.1 Å². The molecule has 1 aliphatic rings. The first-order valence-corrected chi connectivity index (χ1v) is 6.07. The Morgan fingerprint density at radius 2 is 2.35 bits per heavy atom. The van der Waals surface area contributed by atoms with Crippen molar-refractivity contribution in [3.8, 4) is 5.88 Å². The van der Waals surface area contributed by atoms with E-state index in [2.05, 4.69) is 20.3 Å². The van der Waals surface area contributed by atoms with Crippen LogP contribution < -0.4 is 10.1 Å². The van der Waals surface area contributed by atoms with Crippen LogP contribution in [0.15, 0.2) is 12.1 Å². The van der Waals surface area contributed by atoms with E-state index in [-0.39, 0.29) is 0 Å². The molecule has 1 unspecified atom stereocenters. The third-order valence-electron chi connectivity index (χ3n) is 3.08. The highest BCUT2D eigenvalue weighted by atomic mass is 16.5. The number of nitrogens with one attached hydrogen (secondary N) is 2. The Balaban J connectivity index is 1.94. The van der Waals surface area contributed by atoms with Gasteiger partial charge < -0.3 is 15.0 Å². The lowest BCUT2D eigenvalue weighted by Gasteiger charge is -2.01. The summed E-state index contributed by atoms with van der Waals surface area (Å²) >= 11 is 0. The molecule has 0 saturated carbocycles. The van der Waals surface area contributed by atoms with Crippen LogP contribution in [-0.4, -0.2) is 34.6 Å². The molecular weight excluding hydrogens is 216 g/mol. The normalized spacial score (nSPS) is 19.9. The number of ether oxygens (including phenoxy) is 1. The molecule has 5 heteroatoms. The molecule has 1 saturated heterocycles. The number of pyridine rings is 1. The van der Waals surface area contributed by atoms with Gasteiger partial charge in [-0.15, -0.1) is 0 Å². The van der Waals surface area contributed by atoms with E-state index >= 15 is 0 Å². The Kier molecular flexibility index (Phi) is 2.68. The lowest BCUT2D eigenvalue weighted by molar-refractivity contribution is 0.328. The smallest absolute Gasteiger partial charge is 0.215 e. The van der Waals surface area contributed by atoms with Gasteiger partial charge >= 0.3 is 0 Å². The molecule has 2 N–H and O–H groups in total. The fourth-order valence-electron chi connectivity index (χ4n) is 2.20. The maximum atomic E-state index is 5.37. The van der Waals surface area contributed by atoms with Crippen LogP contribution in [0.25, 0.3) is 11.2 Å². The average molecular weight is 232 g/mol. The third kappa shape index (κ3) is 1.98. The van der Waals surface area contributed by atoms with Gasteiger partial charge in [0.15, 0.2) is 5.65 Å². The van der Waals surface area contributed by atoms with E-state index in [9.17, 15) is 0 Å². The summed E-state index contributed by atoms with van der Waals surface area (Å²) in [5, 5.41) is 3.34. The molecule has 3 heterocycles. The summed E-state index contributed by atoms with van der Waals surface area (Å²) in [6, 6.07) is 3.85. The quantitative estimate of drug-likeness (QED) is 0.840. The summed E-state index contributed by atoms with van der Waals surface area (Å²) in [4.78, 5) is 12.3. The second kappa shape index (κ2) is 4.33. The Morgan fingerprint density at radius 1 is 1.41 bits per heavy atom. The zero-order chi connectivity index (χ0) is 11.7. The first kappa shape index (κ1) is 10.5. The summed E-state index contributed by atoms with van der Waals surface area (Å²) in [6.07, 6.45) is 1.14. The fourth-order valence-corrected chi connectivity index (χ4v) is 2.20.